The molecule has 0 radical (unpaired) electrons. The van der Waals surface area contributed by atoms with Crippen LogP contribution in [0.15, 0.2) is 200 Å². The van der Waals surface area contributed by atoms with Gasteiger partial charge in [-0.15, -0.1) is 0 Å². The van der Waals surface area contributed by atoms with Crippen molar-refractivity contribution in [3.05, 3.63) is 200 Å². The van der Waals surface area contributed by atoms with Crippen LogP contribution in [-0.4, -0.2) is 15.0 Å². The largest absolute Gasteiger partial charge is 0.264 e. The van der Waals surface area contributed by atoms with Crippen LogP contribution in [0.2, 0.25) is 0 Å². The van der Waals surface area contributed by atoms with Gasteiger partial charge in [0.25, 0.3) is 0 Å². The lowest BCUT2D eigenvalue weighted by atomic mass is 9.85. The van der Waals surface area contributed by atoms with Gasteiger partial charge >= 0.3 is 0 Å². The number of rotatable bonds is 6. The van der Waals surface area contributed by atoms with E-state index in [1.165, 1.54) is 49.0 Å². The zero-order valence-corrected chi connectivity index (χ0v) is 29.4. The number of benzene rings is 8. The molecule has 2 heterocycles. The molecule has 0 saturated heterocycles. The Bertz CT molecular complexity index is 2930. The summed E-state index contributed by atoms with van der Waals surface area (Å²) < 4.78 is 0. The molecule has 0 unspecified atom stereocenters. The Labute approximate surface area is 313 Å². The normalized spacial score (nSPS) is 11.3. The molecule has 0 fully saturated rings. The highest BCUT2D eigenvalue weighted by Gasteiger charge is 2.18. The Morgan fingerprint density at radius 1 is 0.296 bits per heavy atom. The molecule has 3 heteroatoms. The topological polar surface area (TPSA) is 38.7 Å². The maximum Gasteiger partial charge on any atom is 0.160 e. The third-order valence-electron chi connectivity index (χ3n) is 10.3. The molecular weight excluding hydrogens is 655 g/mol. The number of nitrogens with zero attached hydrogens (tertiary/aromatic N) is 3. The average Bonchev–Trinajstić information content (AvgIpc) is 3.26. The second-order valence-electron chi connectivity index (χ2n) is 13.6. The van der Waals surface area contributed by atoms with Gasteiger partial charge in [-0.25, -0.2) is 9.97 Å². The predicted molar refractivity (Wildman–Crippen MR) is 225 cm³/mol. The van der Waals surface area contributed by atoms with Gasteiger partial charge in [0.15, 0.2) is 5.82 Å². The lowest BCUT2D eigenvalue weighted by molar-refractivity contribution is 1.18. The van der Waals surface area contributed by atoms with Crippen LogP contribution in [0.25, 0.3) is 99.6 Å². The van der Waals surface area contributed by atoms with E-state index in [1.807, 2.05) is 12.3 Å². The van der Waals surface area contributed by atoms with Crippen LogP contribution in [0.1, 0.15) is 0 Å². The molecule has 0 amide bonds. The van der Waals surface area contributed by atoms with Gasteiger partial charge in [-0.2, -0.15) is 0 Å². The van der Waals surface area contributed by atoms with Gasteiger partial charge in [0.05, 0.1) is 11.4 Å². The molecular formula is C51H33N3. The third-order valence-corrected chi connectivity index (χ3v) is 10.3. The fraction of sp³-hybridized carbons (Fsp3) is 0. The van der Waals surface area contributed by atoms with Gasteiger partial charge in [-0.1, -0.05) is 158 Å². The minimum atomic E-state index is 0.679. The van der Waals surface area contributed by atoms with E-state index in [4.69, 9.17) is 9.97 Å². The van der Waals surface area contributed by atoms with Crippen molar-refractivity contribution in [3.8, 4) is 67.3 Å². The van der Waals surface area contributed by atoms with Crippen molar-refractivity contribution in [2.45, 2.75) is 0 Å². The molecule has 10 rings (SSSR count). The molecule has 0 aliphatic heterocycles. The van der Waals surface area contributed by atoms with Gasteiger partial charge in [-0.05, 0) is 90.5 Å². The predicted octanol–water partition coefficient (Wildman–Crippen LogP) is 13.3. The summed E-state index contributed by atoms with van der Waals surface area (Å²) in [6.07, 6.45) is 3.70. The molecule has 0 aliphatic carbocycles. The monoisotopic (exact) mass is 687 g/mol. The maximum absolute atomic E-state index is 5.28. The van der Waals surface area contributed by atoms with Gasteiger partial charge in [-0.3, -0.25) is 4.98 Å². The molecule has 10 aromatic rings. The van der Waals surface area contributed by atoms with E-state index < -0.39 is 0 Å². The van der Waals surface area contributed by atoms with E-state index in [2.05, 4.69) is 187 Å². The molecule has 0 saturated carbocycles. The maximum atomic E-state index is 5.28. The number of hydrogen-bond donors (Lipinski definition) is 0. The second-order valence-corrected chi connectivity index (χ2v) is 13.6. The van der Waals surface area contributed by atoms with Crippen molar-refractivity contribution >= 4 is 32.3 Å². The second kappa shape index (κ2) is 13.4. The zero-order valence-electron chi connectivity index (χ0n) is 29.4. The summed E-state index contributed by atoms with van der Waals surface area (Å²) in [5, 5.41) is 7.26. The number of pyridine rings is 1. The van der Waals surface area contributed by atoms with E-state index in [-0.39, 0.29) is 0 Å². The van der Waals surface area contributed by atoms with Crippen molar-refractivity contribution < 1.29 is 0 Å². The van der Waals surface area contributed by atoms with E-state index >= 15 is 0 Å². The summed E-state index contributed by atoms with van der Waals surface area (Å²) in [7, 11) is 0. The molecule has 0 spiro atoms. The Morgan fingerprint density at radius 3 is 1.50 bits per heavy atom. The molecule has 0 bridgehead atoms. The number of aromatic nitrogens is 3. The van der Waals surface area contributed by atoms with Crippen LogP contribution >= 0.6 is 0 Å². The SMILES string of the molecule is c1ccc(-c2c3ccccc3c(-c3cccc(-c4nc(-c5cccc(-c6cccnc6)c5)cc(-c5ccc6ccccc6c5)n4)c3)c3ccccc23)cc1. The van der Waals surface area contributed by atoms with Crippen molar-refractivity contribution in [3.63, 3.8) is 0 Å². The molecule has 2 aromatic heterocycles. The smallest absolute Gasteiger partial charge is 0.160 e. The van der Waals surface area contributed by atoms with Gasteiger partial charge in [0.2, 0.25) is 0 Å². The van der Waals surface area contributed by atoms with Crippen molar-refractivity contribution in [2.24, 2.45) is 0 Å². The number of fused-ring (bicyclic) bond motifs is 3. The van der Waals surface area contributed by atoms with Crippen LogP contribution in [0, 0.1) is 0 Å². The highest BCUT2D eigenvalue weighted by Crippen LogP contribution is 2.44. The van der Waals surface area contributed by atoms with Crippen LogP contribution in [-0.2, 0) is 0 Å². The Balaban J connectivity index is 1.18. The molecule has 3 nitrogen and oxygen atoms in total. The average molecular weight is 688 g/mol. The molecule has 0 atom stereocenters. The van der Waals surface area contributed by atoms with E-state index in [0.717, 1.165) is 44.8 Å². The standard InChI is InChI=1S/C51H33N3/c1-2-14-35(15-3-1)49-43-22-6-8-24-45(43)50(46-25-9-7-23-44(46)49)40-19-11-20-41(31-40)51-53-47(38-18-10-17-37(30-38)42-21-12-28-52-33-42)32-48(54-51)39-27-26-34-13-4-5-16-36(34)29-39/h1-33H. The first kappa shape index (κ1) is 31.5. The van der Waals surface area contributed by atoms with E-state index in [0.29, 0.717) is 5.82 Å². The zero-order chi connectivity index (χ0) is 35.8. The summed E-state index contributed by atoms with van der Waals surface area (Å²) in [5.41, 5.74) is 11.7. The third kappa shape index (κ3) is 5.69. The van der Waals surface area contributed by atoms with E-state index in [1.54, 1.807) is 6.20 Å². The molecule has 54 heavy (non-hydrogen) atoms. The number of hydrogen-bond acceptors (Lipinski definition) is 3. The molecule has 0 aliphatic rings. The summed E-state index contributed by atoms with van der Waals surface area (Å²) in [5.74, 6) is 0.679. The van der Waals surface area contributed by atoms with Crippen LogP contribution < -0.4 is 0 Å². The summed E-state index contributed by atoms with van der Waals surface area (Å²) >= 11 is 0. The summed E-state index contributed by atoms with van der Waals surface area (Å²) in [6, 6.07) is 66.7. The minimum absolute atomic E-state index is 0.679. The first-order valence-electron chi connectivity index (χ1n) is 18.3. The van der Waals surface area contributed by atoms with E-state index in [9.17, 15) is 0 Å². The minimum Gasteiger partial charge on any atom is -0.264 e. The van der Waals surface area contributed by atoms with Gasteiger partial charge in [0.1, 0.15) is 0 Å². The highest BCUT2D eigenvalue weighted by atomic mass is 14.9. The van der Waals surface area contributed by atoms with Crippen molar-refractivity contribution in [2.75, 3.05) is 0 Å². The Hall–Kier alpha value is -7.23. The van der Waals surface area contributed by atoms with Crippen molar-refractivity contribution in [1.82, 2.24) is 15.0 Å². The lowest BCUT2D eigenvalue weighted by Gasteiger charge is -2.18. The molecule has 8 aromatic carbocycles. The summed E-state index contributed by atoms with van der Waals surface area (Å²) in [6.45, 7) is 0. The fourth-order valence-electron chi connectivity index (χ4n) is 7.78. The van der Waals surface area contributed by atoms with Gasteiger partial charge < -0.3 is 0 Å². The quantitative estimate of drug-likeness (QED) is 0.163. The highest BCUT2D eigenvalue weighted by molar-refractivity contribution is 6.21. The lowest BCUT2D eigenvalue weighted by Crippen LogP contribution is -1.97. The molecule has 252 valence electrons. The Morgan fingerprint density at radius 2 is 0.815 bits per heavy atom. The van der Waals surface area contributed by atoms with Crippen molar-refractivity contribution in [1.29, 1.82) is 0 Å². The van der Waals surface area contributed by atoms with Crippen LogP contribution in [0.5, 0.6) is 0 Å². The first-order chi connectivity index (χ1) is 26.8. The van der Waals surface area contributed by atoms with Crippen LogP contribution in [0.4, 0.5) is 0 Å². The fourth-order valence-corrected chi connectivity index (χ4v) is 7.78. The van der Waals surface area contributed by atoms with Crippen LogP contribution in [0.3, 0.4) is 0 Å². The van der Waals surface area contributed by atoms with Gasteiger partial charge in [0, 0.05) is 34.6 Å². The summed E-state index contributed by atoms with van der Waals surface area (Å²) in [4.78, 5) is 14.9. The Kier molecular flexibility index (Phi) is 7.81. The molecule has 0 N–H and O–H groups in total. The first-order valence-corrected chi connectivity index (χ1v) is 18.3.